The van der Waals surface area contributed by atoms with Gasteiger partial charge in [0.15, 0.2) is 5.66 Å². The Morgan fingerprint density at radius 3 is 2.64 bits per heavy atom. The minimum atomic E-state index is -2.76. The van der Waals surface area contributed by atoms with E-state index < -0.39 is 63.8 Å². The van der Waals surface area contributed by atoms with Crippen molar-refractivity contribution >= 4 is 64.6 Å². The number of amides is 4. The van der Waals surface area contributed by atoms with E-state index >= 15 is 0 Å². The topological polar surface area (TPSA) is 194 Å². The van der Waals surface area contributed by atoms with Gasteiger partial charge in [0.25, 0.3) is 5.91 Å². The van der Waals surface area contributed by atoms with Crippen LogP contribution in [-0.4, -0.2) is 109 Å². The third kappa shape index (κ3) is 5.05. The molecule has 0 radical (unpaired) electrons. The Labute approximate surface area is 265 Å². The smallest absolute Gasteiger partial charge is 0.414 e. The van der Waals surface area contributed by atoms with Gasteiger partial charge in [0, 0.05) is 25.8 Å². The van der Waals surface area contributed by atoms with Gasteiger partial charge in [-0.1, -0.05) is 53.5 Å². The van der Waals surface area contributed by atoms with Crippen LogP contribution in [0.4, 0.5) is 4.79 Å². The first kappa shape index (κ1) is 30.5. The summed E-state index contributed by atoms with van der Waals surface area (Å²) in [5.74, 6) is -3.89. The maximum atomic E-state index is 13.5. The Bertz CT molecular complexity index is 1470. The Kier molecular flexibility index (Phi) is 7.52. The first-order chi connectivity index (χ1) is 20.7. The molecule has 44 heavy (non-hydrogen) atoms. The van der Waals surface area contributed by atoms with Crippen LogP contribution in [0.25, 0.3) is 0 Å². The highest BCUT2D eigenvalue weighted by atomic mass is 35.6. The van der Waals surface area contributed by atoms with Gasteiger partial charge in [-0.3, -0.25) is 24.6 Å². The average molecular weight is 673 g/mol. The molecule has 6 N–H and O–H groups in total. The zero-order chi connectivity index (χ0) is 31.6. The van der Waals surface area contributed by atoms with Crippen molar-refractivity contribution in [3.63, 3.8) is 0 Å². The Balaban J connectivity index is 1.35. The van der Waals surface area contributed by atoms with Gasteiger partial charge in [-0.15, -0.1) is 0 Å². The maximum Gasteiger partial charge on any atom is 0.414 e. The van der Waals surface area contributed by atoms with Crippen LogP contribution in [-0.2, 0) is 20.7 Å². The molecular formula is C26H28Cl3N7O8. The highest BCUT2D eigenvalue weighted by Gasteiger charge is 2.74. The number of rotatable bonds is 5. The molecule has 3 saturated heterocycles. The number of carbonyl (C=O) groups is 4. The molecule has 0 saturated carbocycles. The number of alkyl carbamates (subject to hydrolysis) is 1. The first-order valence-electron chi connectivity index (χ1n) is 13.6. The molecule has 1 aromatic rings. The molecule has 5 aliphatic rings. The molecule has 15 nitrogen and oxygen atoms in total. The summed E-state index contributed by atoms with van der Waals surface area (Å²) in [4.78, 5) is 58.2. The molecule has 1 spiro atoms. The second kappa shape index (κ2) is 10.8. The van der Waals surface area contributed by atoms with Crippen molar-refractivity contribution in [1.82, 2.24) is 31.1 Å². The van der Waals surface area contributed by atoms with E-state index in [9.17, 15) is 29.4 Å². The molecule has 4 atom stereocenters. The summed E-state index contributed by atoms with van der Waals surface area (Å²) in [6.45, 7) is 3.13. The number of para-hydroxylation sites is 1. The monoisotopic (exact) mass is 671 g/mol. The van der Waals surface area contributed by atoms with E-state index in [0.29, 0.717) is 18.8 Å². The summed E-state index contributed by atoms with van der Waals surface area (Å²) < 4.78 is 8.73. The molecular weight excluding hydrogens is 645 g/mol. The van der Waals surface area contributed by atoms with E-state index in [2.05, 4.69) is 32.8 Å². The molecule has 1 aromatic carbocycles. The number of carbonyl (C=O) groups excluding carboxylic acids is 4. The van der Waals surface area contributed by atoms with Crippen molar-refractivity contribution in [3.05, 3.63) is 41.7 Å². The van der Waals surface area contributed by atoms with Gasteiger partial charge in [0.1, 0.15) is 18.4 Å². The second-order valence-electron chi connectivity index (χ2n) is 11.0. The molecule has 5 aliphatic heterocycles. The Hall–Kier alpha value is -3.50. The minimum absolute atomic E-state index is 0.0228. The van der Waals surface area contributed by atoms with Crippen molar-refractivity contribution in [2.24, 2.45) is 4.99 Å². The summed E-state index contributed by atoms with van der Waals surface area (Å²) >= 11 is 17.1. The van der Waals surface area contributed by atoms with Crippen LogP contribution in [0, 0.1) is 0 Å². The molecule has 0 aromatic heterocycles. The van der Waals surface area contributed by atoms with Gasteiger partial charge in [-0.2, -0.15) is 0 Å². The summed E-state index contributed by atoms with van der Waals surface area (Å²) in [5, 5.41) is 34.9. The van der Waals surface area contributed by atoms with E-state index in [0.717, 1.165) is 10.5 Å². The number of nitrogens with one attached hydrogen (secondary N) is 4. The lowest BCUT2D eigenvalue weighted by Gasteiger charge is -2.49. The zero-order valence-corrected chi connectivity index (χ0v) is 25.2. The van der Waals surface area contributed by atoms with Crippen LogP contribution in [0.2, 0.25) is 0 Å². The number of ether oxygens (including phenoxy) is 2. The largest absolute Gasteiger partial charge is 0.492 e. The van der Waals surface area contributed by atoms with Gasteiger partial charge in [-0.25, -0.2) is 9.79 Å². The maximum absolute atomic E-state index is 13.5. The van der Waals surface area contributed by atoms with E-state index in [1.807, 2.05) is 6.07 Å². The normalized spacial score (nSPS) is 28.3. The summed E-state index contributed by atoms with van der Waals surface area (Å²) in [6, 6.07) is 1.66. The number of halogens is 3. The lowest BCUT2D eigenvalue weighted by molar-refractivity contribution is -0.231. The van der Waals surface area contributed by atoms with Gasteiger partial charge < -0.3 is 40.5 Å². The predicted octanol–water partition coefficient (Wildman–Crippen LogP) is -0.571. The molecule has 0 aliphatic carbocycles. The summed E-state index contributed by atoms with van der Waals surface area (Å²) in [7, 11) is 0. The third-order valence-corrected chi connectivity index (χ3v) is 8.58. The number of hydrogen-bond acceptors (Lipinski definition) is 12. The highest BCUT2D eigenvalue weighted by Crippen LogP contribution is 2.45. The van der Waals surface area contributed by atoms with Gasteiger partial charge in [0.2, 0.25) is 27.4 Å². The van der Waals surface area contributed by atoms with E-state index in [-0.39, 0.29) is 43.3 Å². The molecule has 4 amide bonds. The first-order valence-corrected chi connectivity index (χ1v) is 14.8. The Morgan fingerprint density at radius 2 is 1.93 bits per heavy atom. The third-order valence-electron chi connectivity index (χ3n) is 8.26. The molecule has 3 fully saturated rings. The van der Waals surface area contributed by atoms with Crippen LogP contribution in [0.5, 0.6) is 5.75 Å². The van der Waals surface area contributed by atoms with Gasteiger partial charge in [0.05, 0.1) is 36.6 Å². The van der Waals surface area contributed by atoms with E-state index in [4.69, 9.17) is 44.3 Å². The molecule has 6 rings (SSSR count). The molecule has 0 unspecified atom stereocenters. The minimum Gasteiger partial charge on any atom is -0.492 e. The number of imide groups is 1. The fourth-order valence-electron chi connectivity index (χ4n) is 6.35. The van der Waals surface area contributed by atoms with Crippen molar-refractivity contribution in [3.8, 4) is 5.75 Å². The second-order valence-corrected chi connectivity index (χ2v) is 13.5. The molecule has 18 heteroatoms. The van der Waals surface area contributed by atoms with Crippen molar-refractivity contribution in [2.45, 2.75) is 52.6 Å². The lowest BCUT2D eigenvalue weighted by atomic mass is 9.85. The number of aliphatic imine (C=N–C) groups is 1. The fraction of sp³-hybridized carbons (Fsp3) is 0.500. The number of alkyl halides is 3. The van der Waals surface area contributed by atoms with Crippen molar-refractivity contribution in [1.29, 1.82) is 0 Å². The summed E-state index contributed by atoms with van der Waals surface area (Å²) in [6.07, 6.45) is -0.417. The predicted molar refractivity (Wildman–Crippen MR) is 155 cm³/mol. The zero-order valence-electron chi connectivity index (χ0n) is 22.9. The lowest BCUT2D eigenvalue weighted by Crippen LogP contribution is -2.78. The van der Waals surface area contributed by atoms with Crippen molar-refractivity contribution in [2.75, 3.05) is 26.3 Å². The van der Waals surface area contributed by atoms with Crippen LogP contribution < -0.4 is 26.0 Å². The quantitative estimate of drug-likeness (QED) is 0.133. The fourth-order valence-corrected chi connectivity index (χ4v) is 6.51. The number of aliphatic hydroxyl groups is 2. The Morgan fingerprint density at radius 1 is 1.20 bits per heavy atom. The van der Waals surface area contributed by atoms with Crippen LogP contribution in [0.15, 0.2) is 35.6 Å². The van der Waals surface area contributed by atoms with E-state index in [1.165, 1.54) is 4.90 Å². The van der Waals surface area contributed by atoms with Crippen LogP contribution in [0.3, 0.4) is 0 Å². The molecule has 5 heterocycles. The number of hydrogen-bond donors (Lipinski definition) is 6. The SMILES string of the molecule is C=C1N[C@H]2[C@H](CN3C(=O)CCC3=O)N=C(NC(=O)OCC(Cl)(Cl)Cl)N3C[C@H](NC(=O)c4cccc5c4OCC5)C(O)(O)[C@]23N1. The molecule has 236 valence electrons. The number of fused-ring (bicyclic) bond motifs is 1. The van der Waals surface area contributed by atoms with Crippen LogP contribution in [0.1, 0.15) is 28.8 Å². The standard InChI is InChI=1S/C26H28Cl3N7O8/c1-12-30-20-15(9-35-17(37)5-6-18(35)38)31-22(33-23(40)44-11-24(27,28)29)36-10-16(26(41,42)25(20,36)34-12)32-21(39)14-4-2-3-13-7-8-43-19(13)14/h2-4,15-16,20,30,34,41-42H,1,5-11H2,(H,32,39)(H,31,33,40)/t15-,16-,20-,25-/m0/s1. The van der Waals surface area contributed by atoms with Gasteiger partial charge in [-0.05, 0) is 11.6 Å². The van der Waals surface area contributed by atoms with Crippen molar-refractivity contribution < 1.29 is 38.9 Å². The number of nitrogens with zero attached hydrogens (tertiary/aromatic N) is 3. The number of benzene rings is 1. The van der Waals surface area contributed by atoms with E-state index in [1.54, 1.807) is 12.1 Å². The average Bonchev–Trinajstić information content (AvgIpc) is 3.70. The summed E-state index contributed by atoms with van der Waals surface area (Å²) in [5.41, 5.74) is -0.867. The van der Waals surface area contributed by atoms with Crippen LogP contribution >= 0.6 is 34.8 Å². The van der Waals surface area contributed by atoms with Gasteiger partial charge >= 0.3 is 6.09 Å². The highest BCUT2D eigenvalue weighted by molar-refractivity contribution is 6.67. The molecule has 0 bridgehead atoms. The number of likely N-dealkylation sites (tertiary alicyclic amines) is 1. The number of guanidine groups is 1.